The highest BCUT2D eigenvalue weighted by atomic mass is 19.1. The summed E-state index contributed by atoms with van der Waals surface area (Å²) in [5.74, 6) is 0.563. The van der Waals surface area contributed by atoms with Gasteiger partial charge in [-0.25, -0.2) is 4.39 Å². The van der Waals surface area contributed by atoms with Gasteiger partial charge < -0.3 is 10.2 Å². The van der Waals surface area contributed by atoms with Crippen LogP contribution in [0.25, 0.3) is 0 Å². The van der Waals surface area contributed by atoms with Gasteiger partial charge in [0.05, 0.1) is 5.69 Å². The van der Waals surface area contributed by atoms with Gasteiger partial charge >= 0.3 is 0 Å². The maximum atomic E-state index is 13.9. The fourth-order valence-electron chi connectivity index (χ4n) is 2.71. The van der Waals surface area contributed by atoms with E-state index in [2.05, 4.69) is 17.1 Å². The van der Waals surface area contributed by atoms with Crippen molar-refractivity contribution in [3.63, 3.8) is 0 Å². The summed E-state index contributed by atoms with van der Waals surface area (Å²) < 4.78 is 13.9. The van der Waals surface area contributed by atoms with E-state index in [1.165, 1.54) is 6.42 Å². The van der Waals surface area contributed by atoms with Gasteiger partial charge in [0.25, 0.3) is 0 Å². The zero-order chi connectivity index (χ0) is 13.0. The summed E-state index contributed by atoms with van der Waals surface area (Å²) >= 11 is 0. The Morgan fingerprint density at radius 3 is 3.00 bits per heavy atom. The minimum absolute atomic E-state index is 0.0860. The van der Waals surface area contributed by atoms with Crippen LogP contribution in [0.3, 0.4) is 0 Å². The lowest BCUT2D eigenvalue weighted by Crippen LogP contribution is -2.27. The Morgan fingerprint density at radius 2 is 2.28 bits per heavy atom. The summed E-state index contributed by atoms with van der Waals surface area (Å²) in [6.07, 6.45) is 2.33. The highest BCUT2D eigenvalue weighted by Crippen LogP contribution is 2.29. The first kappa shape index (κ1) is 13.3. The average Bonchev–Trinajstić information content (AvgIpc) is 2.78. The molecule has 3 heteroatoms. The quantitative estimate of drug-likeness (QED) is 0.808. The van der Waals surface area contributed by atoms with E-state index in [4.69, 9.17) is 0 Å². The molecule has 1 aliphatic rings. The van der Waals surface area contributed by atoms with Gasteiger partial charge in [-0.1, -0.05) is 19.1 Å². The molecule has 0 amide bonds. The average molecular weight is 250 g/mol. The molecule has 0 aromatic heterocycles. The third kappa shape index (κ3) is 3.02. The van der Waals surface area contributed by atoms with Gasteiger partial charge in [-0.05, 0) is 50.4 Å². The molecule has 1 fully saturated rings. The minimum atomic E-state index is -0.0860. The minimum Gasteiger partial charge on any atom is -0.369 e. The number of rotatable bonds is 5. The van der Waals surface area contributed by atoms with Crippen LogP contribution in [0.5, 0.6) is 0 Å². The van der Waals surface area contributed by atoms with Gasteiger partial charge in [-0.3, -0.25) is 0 Å². The lowest BCUT2D eigenvalue weighted by molar-refractivity contribution is 0.515. The van der Waals surface area contributed by atoms with Crippen molar-refractivity contribution >= 4 is 5.69 Å². The van der Waals surface area contributed by atoms with Crippen LogP contribution in [0, 0.1) is 18.7 Å². The second-order valence-electron chi connectivity index (χ2n) is 5.21. The first-order chi connectivity index (χ1) is 8.72. The molecule has 1 atom stereocenters. The van der Waals surface area contributed by atoms with Gasteiger partial charge in [0.15, 0.2) is 0 Å². The molecule has 1 aromatic rings. The molecule has 0 saturated carbocycles. The number of para-hydroxylation sites is 1. The van der Waals surface area contributed by atoms with Crippen LogP contribution in [0.15, 0.2) is 18.2 Å². The van der Waals surface area contributed by atoms with E-state index in [-0.39, 0.29) is 5.82 Å². The highest BCUT2D eigenvalue weighted by Gasteiger charge is 2.25. The number of hydrogen-bond acceptors (Lipinski definition) is 2. The first-order valence-electron chi connectivity index (χ1n) is 6.93. The standard InChI is InChI=1S/C15H23FN2/c1-3-8-17-10-13-7-9-18(11-13)15-12(2)5-4-6-14(15)16/h4-6,13,17H,3,7-11H2,1-2H3. The summed E-state index contributed by atoms with van der Waals surface area (Å²) in [5.41, 5.74) is 1.84. The predicted octanol–water partition coefficient (Wildman–Crippen LogP) is 2.96. The normalized spacial score (nSPS) is 19.5. The second kappa shape index (κ2) is 6.19. The molecule has 0 bridgehead atoms. The third-order valence-corrected chi connectivity index (χ3v) is 3.65. The largest absolute Gasteiger partial charge is 0.369 e. The number of halogens is 1. The molecule has 2 nitrogen and oxygen atoms in total. The molecule has 1 aliphatic heterocycles. The Bertz CT molecular complexity index is 372. The smallest absolute Gasteiger partial charge is 0.146 e. The monoisotopic (exact) mass is 250 g/mol. The van der Waals surface area contributed by atoms with Crippen LogP contribution in [0.2, 0.25) is 0 Å². The molecule has 1 heterocycles. The molecular formula is C15H23FN2. The van der Waals surface area contributed by atoms with Crippen LogP contribution in [-0.4, -0.2) is 26.2 Å². The molecule has 100 valence electrons. The zero-order valence-corrected chi connectivity index (χ0v) is 11.4. The van der Waals surface area contributed by atoms with Crippen LogP contribution in [0.1, 0.15) is 25.3 Å². The second-order valence-corrected chi connectivity index (χ2v) is 5.21. The molecule has 1 unspecified atom stereocenters. The van der Waals surface area contributed by atoms with Crippen molar-refractivity contribution in [3.05, 3.63) is 29.6 Å². The van der Waals surface area contributed by atoms with E-state index in [9.17, 15) is 4.39 Å². The van der Waals surface area contributed by atoms with Gasteiger partial charge in [0, 0.05) is 13.1 Å². The lowest BCUT2D eigenvalue weighted by Gasteiger charge is -2.21. The van der Waals surface area contributed by atoms with Gasteiger partial charge in [0.2, 0.25) is 0 Å². The number of benzene rings is 1. The Morgan fingerprint density at radius 1 is 1.44 bits per heavy atom. The number of nitrogens with one attached hydrogen (secondary N) is 1. The summed E-state index contributed by atoms with van der Waals surface area (Å²) in [6.45, 7) is 8.24. The van der Waals surface area contributed by atoms with E-state index in [0.29, 0.717) is 5.92 Å². The summed E-state index contributed by atoms with van der Waals surface area (Å²) in [7, 11) is 0. The Balaban J connectivity index is 1.96. The third-order valence-electron chi connectivity index (χ3n) is 3.65. The molecule has 0 radical (unpaired) electrons. The van der Waals surface area contributed by atoms with Crippen LogP contribution in [-0.2, 0) is 0 Å². The maximum Gasteiger partial charge on any atom is 0.146 e. The Labute approximate surface area is 109 Å². The predicted molar refractivity (Wildman–Crippen MR) is 74.6 cm³/mol. The van der Waals surface area contributed by atoms with E-state index in [0.717, 1.165) is 43.9 Å². The molecule has 1 N–H and O–H groups in total. The van der Waals surface area contributed by atoms with Crippen molar-refractivity contribution in [2.24, 2.45) is 5.92 Å². The Kier molecular flexibility index (Phi) is 4.59. The molecule has 1 aromatic carbocycles. The fraction of sp³-hybridized carbons (Fsp3) is 0.600. The van der Waals surface area contributed by atoms with Crippen molar-refractivity contribution in [2.45, 2.75) is 26.7 Å². The zero-order valence-electron chi connectivity index (χ0n) is 11.4. The molecule has 0 spiro atoms. The van der Waals surface area contributed by atoms with Crippen molar-refractivity contribution in [3.8, 4) is 0 Å². The number of hydrogen-bond donors (Lipinski definition) is 1. The Hall–Kier alpha value is -1.09. The van der Waals surface area contributed by atoms with E-state index >= 15 is 0 Å². The molecule has 18 heavy (non-hydrogen) atoms. The maximum absolute atomic E-state index is 13.9. The van der Waals surface area contributed by atoms with E-state index in [1.54, 1.807) is 12.1 Å². The topological polar surface area (TPSA) is 15.3 Å². The molecule has 0 aliphatic carbocycles. The van der Waals surface area contributed by atoms with Crippen molar-refractivity contribution in [2.75, 3.05) is 31.1 Å². The molecular weight excluding hydrogens is 227 g/mol. The van der Waals surface area contributed by atoms with Crippen molar-refractivity contribution in [1.82, 2.24) is 5.32 Å². The summed E-state index contributed by atoms with van der Waals surface area (Å²) in [5, 5.41) is 3.46. The lowest BCUT2D eigenvalue weighted by atomic mass is 10.1. The fourth-order valence-corrected chi connectivity index (χ4v) is 2.71. The van der Waals surface area contributed by atoms with Crippen molar-refractivity contribution < 1.29 is 4.39 Å². The van der Waals surface area contributed by atoms with E-state index in [1.807, 2.05) is 13.0 Å². The number of anilines is 1. The van der Waals surface area contributed by atoms with Crippen molar-refractivity contribution in [1.29, 1.82) is 0 Å². The van der Waals surface area contributed by atoms with Crippen LogP contribution >= 0.6 is 0 Å². The first-order valence-corrected chi connectivity index (χ1v) is 6.93. The molecule has 1 saturated heterocycles. The summed E-state index contributed by atoms with van der Waals surface area (Å²) in [6, 6.07) is 5.33. The van der Waals surface area contributed by atoms with Crippen LogP contribution < -0.4 is 10.2 Å². The SMILES string of the molecule is CCCNCC1CCN(c2c(C)cccc2F)C1. The molecule has 2 rings (SSSR count). The number of nitrogens with zero attached hydrogens (tertiary/aromatic N) is 1. The van der Waals surface area contributed by atoms with Gasteiger partial charge in [-0.15, -0.1) is 0 Å². The van der Waals surface area contributed by atoms with Gasteiger partial charge in [0.1, 0.15) is 5.82 Å². The highest BCUT2D eigenvalue weighted by molar-refractivity contribution is 5.55. The van der Waals surface area contributed by atoms with Crippen LogP contribution in [0.4, 0.5) is 10.1 Å². The van der Waals surface area contributed by atoms with Gasteiger partial charge in [-0.2, -0.15) is 0 Å². The summed E-state index contributed by atoms with van der Waals surface area (Å²) in [4.78, 5) is 2.20. The van der Waals surface area contributed by atoms with E-state index < -0.39 is 0 Å². The number of aryl methyl sites for hydroxylation is 1.